The number of carbonyl (C=O) groups is 1. The highest BCUT2D eigenvalue weighted by Gasteiger charge is 2.35. The lowest BCUT2D eigenvalue weighted by Crippen LogP contribution is -2.46. The summed E-state index contributed by atoms with van der Waals surface area (Å²) in [6.45, 7) is 0. The topological polar surface area (TPSA) is 87.7 Å². The van der Waals surface area contributed by atoms with Crippen LogP contribution in [-0.4, -0.2) is 23.0 Å². The maximum absolute atomic E-state index is 12.1. The zero-order valence-electron chi connectivity index (χ0n) is 11.5. The molecule has 0 heterocycles. The van der Waals surface area contributed by atoms with Gasteiger partial charge in [0.1, 0.15) is 0 Å². The minimum Gasteiger partial charge on any atom is -0.409 e. The van der Waals surface area contributed by atoms with Gasteiger partial charge in [-0.15, -0.1) is 0 Å². The zero-order chi connectivity index (χ0) is 13.7. The summed E-state index contributed by atoms with van der Waals surface area (Å²) >= 11 is 0. The fraction of sp³-hybridized carbons (Fsp3) is 0.857. The number of nitrogens with zero attached hydrogens (tertiary/aromatic N) is 1. The molecule has 1 unspecified atom stereocenters. The molecular formula is C14H25N3O2. The number of nitrogens with two attached hydrogens (primary N) is 1. The first-order chi connectivity index (χ1) is 9.20. The lowest BCUT2D eigenvalue weighted by atomic mass is 9.96. The van der Waals surface area contributed by atoms with Gasteiger partial charge in [-0.05, 0) is 37.5 Å². The number of oxime groups is 1. The van der Waals surface area contributed by atoms with E-state index in [4.69, 9.17) is 10.9 Å². The fourth-order valence-corrected chi connectivity index (χ4v) is 2.99. The SMILES string of the molecule is NC(=NO)C(NC(=O)CC1CCCCCC1)C1CC1. The van der Waals surface area contributed by atoms with Crippen molar-refractivity contribution in [3.63, 3.8) is 0 Å². The predicted molar refractivity (Wildman–Crippen MR) is 73.9 cm³/mol. The quantitative estimate of drug-likeness (QED) is 0.234. The van der Waals surface area contributed by atoms with E-state index in [1.807, 2.05) is 0 Å². The maximum atomic E-state index is 12.1. The van der Waals surface area contributed by atoms with Gasteiger partial charge in [0.05, 0.1) is 6.04 Å². The second-order valence-electron chi connectivity index (χ2n) is 5.97. The van der Waals surface area contributed by atoms with Crippen molar-refractivity contribution in [3.05, 3.63) is 0 Å². The summed E-state index contributed by atoms with van der Waals surface area (Å²) in [4.78, 5) is 12.1. The average Bonchev–Trinajstić information content (AvgIpc) is 3.22. The molecule has 0 aliphatic heterocycles. The largest absolute Gasteiger partial charge is 0.409 e. The van der Waals surface area contributed by atoms with E-state index in [0.717, 1.165) is 25.7 Å². The summed E-state index contributed by atoms with van der Waals surface area (Å²) in [5.74, 6) is 1.05. The van der Waals surface area contributed by atoms with Crippen LogP contribution in [0.3, 0.4) is 0 Å². The minimum atomic E-state index is -0.275. The highest BCUT2D eigenvalue weighted by molar-refractivity contribution is 5.90. The summed E-state index contributed by atoms with van der Waals surface area (Å²) in [6, 6.07) is -0.275. The first-order valence-corrected chi connectivity index (χ1v) is 7.47. The second kappa shape index (κ2) is 6.78. The lowest BCUT2D eigenvalue weighted by Gasteiger charge is -2.19. The van der Waals surface area contributed by atoms with Crippen LogP contribution in [0.1, 0.15) is 57.8 Å². The van der Waals surface area contributed by atoms with Gasteiger partial charge in [0.2, 0.25) is 5.91 Å². The van der Waals surface area contributed by atoms with Gasteiger partial charge in [-0.3, -0.25) is 4.79 Å². The Morgan fingerprint density at radius 2 is 1.84 bits per heavy atom. The Balaban J connectivity index is 1.81. The number of rotatable bonds is 5. The van der Waals surface area contributed by atoms with E-state index < -0.39 is 0 Å². The van der Waals surface area contributed by atoms with E-state index >= 15 is 0 Å². The van der Waals surface area contributed by atoms with E-state index in [1.165, 1.54) is 25.7 Å². The molecule has 2 fully saturated rings. The Hall–Kier alpha value is -1.26. The van der Waals surface area contributed by atoms with Gasteiger partial charge in [0.15, 0.2) is 5.84 Å². The molecule has 0 saturated heterocycles. The highest BCUT2D eigenvalue weighted by atomic mass is 16.4. The molecule has 0 aromatic heterocycles. The Labute approximate surface area is 114 Å². The number of hydrogen-bond donors (Lipinski definition) is 3. The van der Waals surface area contributed by atoms with Crippen LogP contribution in [0.25, 0.3) is 0 Å². The molecule has 2 saturated carbocycles. The van der Waals surface area contributed by atoms with Gasteiger partial charge in [-0.2, -0.15) is 0 Å². The standard InChI is InChI=1S/C14H25N3O2/c15-14(17-19)13(11-7-8-11)16-12(18)9-10-5-3-1-2-4-6-10/h10-11,13,19H,1-9H2,(H2,15,17)(H,16,18). The van der Waals surface area contributed by atoms with Gasteiger partial charge in [-0.1, -0.05) is 30.8 Å². The van der Waals surface area contributed by atoms with Crippen molar-refractivity contribution < 1.29 is 10.0 Å². The Morgan fingerprint density at radius 1 is 1.21 bits per heavy atom. The van der Waals surface area contributed by atoms with Crippen LogP contribution in [0.2, 0.25) is 0 Å². The second-order valence-corrected chi connectivity index (χ2v) is 5.97. The van der Waals surface area contributed by atoms with Crippen LogP contribution in [-0.2, 0) is 4.79 Å². The molecule has 108 valence electrons. The van der Waals surface area contributed by atoms with Crippen LogP contribution < -0.4 is 11.1 Å². The summed E-state index contributed by atoms with van der Waals surface area (Å²) in [6.07, 6.45) is 10.1. The molecule has 0 aromatic carbocycles. The monoisotopic (exact) mass is 267 g/mol. The molecule has 0 radical (unpaired) electrons. The van der Waals surface area contributed by atoms with Crippen molar-refractivity contribution in [2.75, 3.05) is 0 Å². The summed E-state index contributed by atoms with van der Waals surface area (Å²) in [7, 11) is 0. The first-order valence-electron chi connectivity index (χ1n) is 7.47. The van der Waals surface area contributed by atoms with Crippen LogP contribution in [0.4, 0.5) is 0 Å². The van der Waals surface area contributed by atoms with Crippen molar-refractivity contribution in [1.29, 1.82) is 0 Å². The Bertz CT molecular complexity index is 332. The number of carbonyl (C=O) groups excluding carboxylic acids is 1. The first kappa shape index (κ1) is 14.2. The van der Waals surface area contributed by atoms with E-state index in [9.17, 15) is 4.79 Å². The van der Waals surface area contributed by atoms with Crippen LogP contribution >= 0.6 is 0 Å². The number of nitrogens with one attached hydrogen (secondary N) is 1. The normalized spacial score (nSPS) is 23.7. The van der Waals surface area contributed by atoms with Crippen LogP contribution in [0, 0.1) is 11.8 Å². The lowest BCUT2D eigenvalue weighted by molar-refractivity contribution is -0.122. The van der Waals surface area contributed by atoms with Crippen molar-refractivity contribution in [2.45, 2.75) is 63.8 Å². The number of hydrogen-bond acceptors (Lipinski definition) is 3. The summed E-state index contributed by atoms with van der Waals surface area (Å²) in [5, 5.41) is 14.8. The highest BCUT2D eigenvalue weighted by Crippen LogP contribution is 2.33. The molecule has 19 heavy (non-hydrogen) atoms. The van der Waals surface area contributed by atoms with E-state index in [0.29, 0.717) is 18.3 Å². The van der Waals surface area contributed by atoms with Gasteiger partial charge in [-0.25, -0.2) is 0 Å². The van der Waals surface area contributed by atoms with Gasteiger partial charge >= 0.3 is 0 Å². The average molecular weight is 267 g/mol. The minimum absolute atomic E-state index is 0.0513. The molecule has 4 N–H and O–H groups in total. The maximum Gasteiger partial charge on any atom is 0.220 e. The van der Waals surface area contributed by atoms with Crippen LogP contribution in [0.15, 0.2) is 5.16 Å². The van der Waals surface area contributed by atoms with Gasteiger partial charge in [0.25, 0.3) is 0 Å². The third kappa shape index (κ3) is 4.40. The fourth-order valence-electron chi connectivity index (χ4n) is 2.99. The molecule has 2 aliphatic rings. The molecule has 5 nitrogen and oxygen atoms in total. The predicted octanol–water partition coefficient (Wildman–Crippen LogP) is 1.99. The van der Waals surface area contributed by atoms with E-state index in [2.05, 4.69) is 10.5 Å². The molecule has 2 aliphatic carbocycles. The smallest absolute Gasteiger partial charge is 0.220 e. The van der Waals surface area contributed by atoms with Crippen molar-refractivity contribution >= 4 is 11.7 Å². The number of amidine groups is 1. The zero-order valence-corrected chi connectivity index (χ0v) is 11.5. The van der Waals surface area contributed by atoms with Crippen LogP contribution in [0.5, 0.6) is 0 Å². The van der Waals surface area contributed by atoms with Crippen molar-refractivity contribution in [2.24, 2.45) is 22.7 Å². The van der Waals surface area contributed by atoms with Gasteiger partial charge in [0, 0.05) is 6.42 Å². The van der Waals surface area contributed by atoms with E-state index in [-0.39, 0.29) is 17.8 Å². The third-order valence-electron chi connectivity index (χ3n) is 4.29. The van der Waals surface area contributed by atoms with Crippen molar-refractivity contribution in [1.82, 2.24) is 5.32 Å². The van der Waals surface area contributed by atoms with Crippen molar-refractivity contribution in [3.8, 4) is 0 Å². The summed E-state index contributed by atoms with van der Waals surface area (Å²) in [5.41, 5.74) is 5.65. The molecule has 0 bridgehead atoms. The molecule has 2 rings (SSSR count). The van der Waals surface area contributed by atoms with Gasteiger partial charge < -0.3 is 16.3 Å². The molecule has 0 spiro atoms. The number of amides is 1. The molecule has 0 aromatic rings. The van der Waals surface area contributed by atoms with E-state index in [1.54, 1.807) is 0 Å². The molecule has 1 atom stereocenters. The summed E-state index contributed by atoms with van der Waals surface area (Å²) < 4.78 is 0. The molecule has 1 amide bonds. The Morgan fingerprint density at radius 3 is 2.37 bits per heavy atom. The Kier molecular flexibility index (Phi) is 5.05. The molecular weight excluding hydrogens is 242 g/mol. The molecule has 5 heteroatoms. The third-order valence-corrected chi connectivity index (χ3v) is 4.29.